The molecule has 0 bridgehead atoms. The van der Waals surface area contributed by atoms with Crippen molar-refractivity contribution < 1.29 is 0 Å². The van der Waals surface area contributed by atoms with Crippen molar-refractivity contribution in [3.05, 3.63) is 69.0 Å². The van der Waals surface area contributed by atoms with Crippen LogP contribution in [0.1, 0.15) is 19.4 Å². The molecule has 0 aliphatic carbocycles. The molecule has 0 saturated heterocycles. The second kappa shape index (κ2) is 5.05. The number of aromatic nitrogens is 3. The van der Waals surface area contributed by atoms with Crippen molar-refractivity contribution in [1.82, 2.24) is 14.6 Å². The van der Waals surface area contributed by atoms with Crippen molar-refractivity contribution in [1.29, 1.82) is 0 Å². The van der Waals surface area contributed by atoms with Crippen LogP contribution in [0, 0.1) is 0 Å². The summed E-state index contributed by atoms with van der Waals surface area (Å²) in [7, 11) is 0. The van der Waals surface area contributed by atoms with Gasteiger partial charge < -0.3 is 4.98 Å². The zero-order valence-electron chi connectivity index (χ0n) is 12.2. The summed E-state index contributed by atoms with van der Waals surface area (Å²) in [4.78, 5) is 17.6. The summed E-state index contributed by atoms with van der Waals surface area (Å²) in [6.07, 6.45) is 1.73. The van der Waals surface area contributed by atoms with E-state index in [0.29, 0.717) is 11.3 Å². The molecule has 3 aromatic rings. The lowest BCUT2D eigenvalue weighted by Crippen LogP contribution is -2.14. The first kappa shape index (κ1) is 13.9. The van der Waals surface area contributed by atoms with E-state index in [1.165, 1.54) is 0 Å². The van der Waals surface area contributed by atoms with Gasteiger partial charge in [0.2, 0.25) is 0 Å². The van der Waals surface area contributed by atoms with Gasteiger partial charge in [0.15, 0.2) is 5.82 Å². The molecule has 0 amide bonds. The number of H-pyrrole nitrogens is 1. The van der Waals surface area contributed by atoms with E-state index in [1.54, 1.807) is 22.8 Å². The van der Waals surface area contributed by atoms with Crippen molar-refractivity contribution >= 4 is 5.52 Å². The van der Waals surface area contributed by atoms with Crippen LogP contribution in [0.25, 0.3) is 27.3 Å². The van der Waals surface area contributed by atoms with Gasteiger partial charge in [0.05, 0.1) is 5.54 Å². The molecule has 0 atom stereocenters. The first-order chi connectivity index (χ1) is 10.5. The van der Waals surface area contributed by atoms with Crippen LogP contribution in [0.5, 0.6) is 0 Å². The van der Waals surface area contributed by atoms with Crippen molar-refractivity contribution in [2.45, 2.75) is 19.4 Å². The number of hydrogen-bond acceptors (Lipinski definition) is 3. The van der Waals surface area contributed by atoms with Gasteiger partial charge in [-0.2, -0.15) is 0 Å². The smallest absolute Gasteiger partial charge is 0.275 e. The second-order valence-electron chi connectivity index (χ2n) is 5.47. The predicted molar refractivity (Wildman–Crippen MR) is 83.4 cm³/mol. The summed E-state index contributed by atoms with van der Waals surface area (Å²) in [5.74, 6) is 0.488. The molecule has 1 N–H and O–H groups in total. The Labute approximate surface area is 125 Å². The molecule has 0 aliphatic heterocycles. The van der Waals surface area contributed by atoms with Crippen molar-refractivity contribution in [2.75, 3.05) is 0 Å². The molecule has 110 valence electrons. The molecule has 0 saturated carbocycles. The first-order valence-electron chi connectivity index (χ1n) is 6.76. The van der Waals surface area contributed by atoms with Crippen molar-refractivity contribution in [3.63, 3.8) is 0 Å². The number of hydrogen-bond donors (Lipinski definition) is 1. The van der Waals surface area contributed by atoms with Crippen LogP contribution in [0.3, 0.4) is 0 Å². The molecule has 7 heteroatoms. The molecule has 3 rings (SSSR count). The fourth-order valence-electron chi connectivity index (χ4n) is 2.28. The lowest BCUT2D eigenvalue weighted by molar-refractivity contribution is 0.550. The van der Waals surface area contributed by atoms with E-state index in [1.807, 2.05) is 38.1 Å². The number of nitrogens with one attached hydrogen (secondary N) is 1. The van der Waals surface area contributed by atoms with Gasteiger partial charge in [0, 0.05) is 16.7 Å². The third kappa shape index (κ3) is 2.34. The highest BCUT2D eigenvalue weighted by atomic mass is 16.1. The predicted octanol–water partition coefficient (Wildman–Crippen LogP) is 3.24. The lowest BCUT2D eigenvalue weighted by Gasteiger charge is -2.18. The minimum Gasteiger partial charge on any atom is -0.303 e. The molecule has 0 aliphatic rings. The molecule has 0 radical (unpaired) electrons. The second-order valence-corrected chi connectivity index (χ2v) is 5.47. The normalized spacial score (nSPS) is 11.4. The van der Waals surface area contributed by atoms with Gasteiger partial charge >= 0.3 is 0 Å². The monoisotopic (exact) mass is 294 g/mol. The first-order valence-corrected chi connectivity index (χ1v) is 6.76. The van der Waals surface area contributed by atoms with E-state index in [4.69, 9.17) is 5.53 Å². The van der Waals surface area contributed by atoms with Gasteiger partial charge in [-0.25, -0.2) is 4.52 Å². The Hall–Kier alpha value is -3.05. The Kier molecular flexibility index (Phi) is 3.19. The maximum atomic E-state index is 12.0. The molecule has 1 aromatic carbocycles. The SMILES string of the molecule is CC(C)(N=[N+]=[N-])c1ccc(-c2nn3cccc3c(=O)[nH]2)cc1. The summed E-state index contributed by atoms with van der Waals surface area (Å²) in [5, 5.41) is 8.15. The van der Waals surface area contributed by atoms with E-state index < -0.39 is 5.54 Å². The number of rotatable bonds is 3. The molecular formula is C15H14N6O. The Morgan fingerprint density at radius 2 is 2.00 bits per heavy atom. The van der Waals surface area contributed by atoms with Crippen LogP contribution in [0.15, 0.2) is 52.5 Å². The summed E-state index contributed by atoms with van der Waals surface area (Å²) in [6, 6.07) is 10.9. The minimum atomic E-state index is -0.626. The quantitative estimate of drug-likeness (QED) is 0.455. The van der Waals surface area contributed by atoms with Gasteiger partial charge in [-0.3, -0.25) is 4.79 Å². The minimum absolute atomic E-state index is 0.187. The lowest BCUT2D eigenvalue weighted by atomic mass is 9.94. The molecule has 2 aromatic heterocycles. The highest BCUT2D eigenvalue weighted by Gasteiger charge is 2.18. The number of fused-ring (bicyclic) bond motifs is 1. The van der Waals surface area contributed by atoms with Gasteiger partial charge in [-0.1, -0.05) is 43.2 Å². The maximum absolute atomic E-state index is 12.0. The van der Waals surface area contributed by atoms with E-state index in [9.17, 15) is 4.79 Å². The van der Waals surface area contributed by atoms with Gasteiger partial charge in [0.25, 0.3) is 5.56 Å². The van der Waals surface area contributed by atoms with E-state index in [2.05, 4.69) is 20.1 Å². The molecule has 2 heterocycles. The summed E-state index contributed by atoms with van der Waals surface area (Å²) in [6.45, 7) is 3.68. The zero-order valence-corrected chi connectivity index (χ0v) is 12.2. The third-order valence-corrected chi connectivity index (χ3v) is 3.56. The number of nitrogens with zero attached hydrogens (tertiary/aromatic N) is 5. The van der Waals surface area contributed by atoms with Crippen LogP contribution >= 0.6 is 0 Å². The van der Waals surface area contributed by atoms with Crippen LogP contribution < -0.4 is 5.56 Å². The van der Waals surface area contributed by atoms with E-state index in [-0.39, 0.29) is 5.56 Å². The average molecular weight is 294 g/mol. The molecule has 0 unspecified atom stereocenters. The Balaban J connectivity index is 2.05. The van der Waals surface area contributed by atoms with Crippen LogP contribution in [-0.2, 0) is 5.54 Å². The molecule has 0 spiro atoms. The van der Waals surface area contributed by atoms with Gasteiger partial charge in [-0.05, 0) is 23.2 Å². The third-order valence-electron chi connectivity index (χ3n) is 3.56. The molecule has 7 nitrogen and oxygen atoms in total. The fraction of sp³-hybridized carbons (Fsp3) is 0.200. The topological polar surface area (TPSA) is 98.9 Å². The van der Waals surface area contributed by atoms with Crippen molar-refractivity contribution in [2.24, 2.45) is 5.11 Å². The Bertz CT molecular complexity index is 929. The molecular weight excluding hydrogens is 280 g/mol. The number of benzene rings is 1. The highest BCUT2D eigenvalue weighted by Crippen LogP contribution is 2.26. The maximum Gasteiger partial charge on any atom is 0.275 e. The van der Waals surface area contributed by atoms with Crippen LogP contribution in [0.4, 0.5) is 0 Å². The average Bonchev–Trinajstić information content (AvgIpc) is 2.96. The standard InChI is InChI=1S/C15H14N6O/c1-15(2,19-20-16)11-7-5-10(6-8-11)13-17-14(22)12-4-3-9-21(12)18-13/h3-9H,1-2H3,(H,17,18,22). The Morgan fingerprint density at radius 3 is 2.68 bits per heavy atom. The van der Waals surface area contributed by atoms with Crippen molar-refractivity contribution in [3.8, 4) is 11.4 Å². The molecule has 22 heavy (non-hydrogen) atoms. The summed E-state index contributed by atoms with van der Waals surface area (Å²) in [5.41, 5.74) is 9.98. The largest absolute Gasteiger partial charge is 0.303 e. The fourth-order valence-corrected chi connectivity index (χ4v) is 2.28. The summed E-state index contributed by atoms with van der Waals surface area (Å²) >= 11 is 0. The van der Waals surface area contributed by atoms with Crippen LogP contribution in [0.2, 0.25) is 0 Å². The summed E-state index contributed by atoms with van der Waals surface area (Å²) < 4.78 is 1.55. The molecule has 0 fully saturated rings. The highest BCUT2D eigenvalue weighted by molar-refractivity contribution is 5.57. The van der Waals surface area contributed by atoms with Gasteiger partial charge in [0.1, 0.15) is 5.52 Å². The van der Waals surface area contributed by atoms with E-state index in [0.717, 1.165) is 11.1 Å². The number of aromatic amines is 1. The zero-order chi connectivity index (χ0) is 15.7. The van der Waals surface area contributed by atoms with Crippen LogP contribution in [-0.4, -0.2) is 14.6 Å². The van der Waals surface area contributed by atoms with E-state index >= 15 is 0 Å². The number of azide groups is 1. The van der Waals surface area contributed by atoms with Gasteiger partial charge in [-0.15, -0.1) is 5.10 Å². The Morgan fingerprint density at radius 1 is 1.27 bits per heavy atom.